The quantitative estimate of drug-likeness (QED) is 0.838. The molecule has 0 atom stereocenters. The average molecular weight is 355 g/mol. The summed E-state index contributed by atoms with van der Waals surface area (Å²) in [4.78, 5) is 22.2. The number of hydrogen-bond acceptors (Lipinski definition) is 5. The van der Waals surface area contributed by atoms with Crippen LogP contribution in [-0.2, 0) is 11.2 Å². The van der Waals surface area contributed by atoms with E-state index in [4.69, 9.17) is 22.1 Å². The number of likely N-dealkylation sites (tertiary alicyclic amines) is 1. The first-order valence-electron chi connectivity index (χ1n) is 8.42. The van der Waals surface area contributed by atoms with E-state index in [0.717, 1.165) is 44.3 Å². The lowest BCUT2D eigenvalue weighted by Gasteiger charge is -2.33. The Labute approximate surface area is 148 Å². The number of nitrogen functional groups attached to an aromatic ring is 1. The number of ether oxygens (including phenoxy) is 1. The number of carbonyl (C=O) groups is 1. The average Bonchev–Trinajstić information content (AvgIpc) is 2.45. The molecule has 0 unspecified atom stereocenters. The zero-order valence-corrected chi connectivity index (χ0v) is 15.7. The molecular formula is C17H27ClN4O2. The Morgan fingerprint density at radius 2 is 1.96 bits per heavy atom. The third-order valence-corrected chi connectivity index (χ3v) is 4.48. The minimum Gasteiger partial charge on any atom is -0.444 e. The highest BCUT2D eigenvalue weighted by atomic mass is 35.5. The van der Waals surface area contributed by atoms with E-state index in [9.17, 15) is 4.79 Å². The van der Waals surface area contributed by atoms with Crippen molar-refractivity contribution in [2.45, 2.75) is 59.0 Å². The highest BCUT2D eigenvalue weighted by molar-refractivity contribution is 6.30. The van der Waals surface area contributed by atoms with Crippen molar-refractivity contribution in [3.05, 3.63) is 16.5 Å². The number of anilines is 1. The zero-order chi connectivity index (χ0) is 17.9. The monoisotopic (exact) mass is 354 g/mol. The van der Waals surface area contributed by atoms with Crippen molar-refractivity contribution in [1.82, 2.24) is 14.9 Å². The smallest absolute Gasteiger partial charge is 0.410 e. The van der Waals surface area contributed by atoms with Gasteiger partial charge < -0.3 is 15.4 Å². The van der Waals surface area contributed by atoms with E-state index >= 15 is 0 Å². The molecule has 134 valence electrons. The number of piperidine rings is 1. The maximum absolute atomic E-state index is 12.1. The van der Waals surface area contributed by atoms with Gasteiger partial charge in [-0.2, -0.15) is 0 Å². The Morgan fingerprint density at radius 1 is 1.33 bits per heavy atom. The van der Waals surface area contributed by atoms with Crippen LogP contribution in [0.2, 0.25) is 5.15 Å². The Balaban J connectivity index is 1.83. The number of amides is 1. The molecule has 0 bridgehead atoms. The Kier molecular flexibility index (Phi) is 5.91. The predicted octanol–water partition coefficient (Wildman–Crippen LogP) is 3.60. The van der Waals surface area contributed by atoms with Crippen molar-refractivity contribution in [2.24, 2.45) is 5.92 Å². The van der Waals surface area contributed by atoms with Gasteiger partial charge in [-0.15, -0.1) is 0 Å². The van der Waals surface area contributed by atoms with E-state index in [1.54, 1.807) is 11.8 Å². The van der Waals surface area contributed by atoms with Gasteiger partial charge in [-0.05, 0) is 59.3 Å². The molecule has 0 aliphatic carbocycles. The van der Waals surface area contributed by atoms with E-state index in [-0.39, 0.29) is 6.09 Å². The number of halogens is 1. The summed E-state index contributed by atoms with van der Waals surface area (Å²) in [6.07, 6.45) is 3.44. The molecule has 0 saturated carbocycles. The SMILES string of the molecule is Cc1nc(N)c(CCC2CCN(C(=O)OC(C)(C)C)CC2)c(Cl)n1. The zero-order valence-electron chi connectivity index (χ0n) is 14.9. The number of carbonyl (C=O) groups excluding carboxylic acids is 1. The molecule has 2 heterocycles. The Morgan fingerprint density at radius 3 is 2.50 bits per heavy atom. The maximum Gasteiger partial charge on any atom is 0.410 e. The first-order chi connectivity index (χ1) is 11.2. The van der Waals surface area contributed by atoms with Crippen LogP contribution in [0.15, 0.2) is 0 Å². The van der Waals surface area contributed by atoms with Crippen molar-refractivity contribution >= 4 is 23.5 Å². The number of aromatic nitrogens is 2. The van der Waals surface area contributed by atoms with E-state index in [1.807, 2.05) is 20.8 Å². The van der Waals surface area contributed by atoms with E-state index in [1.165, 1.54) is 0 Å². The molecule has 1 aromatic heterocycles. The van der Waals surface area contributed by atoms with Crippen LogP contribution in [0, 0.1) is 12.8 Å². The summed E-state index contributed by atoms with van der Waals surface area (Å²) in [6.45, 7) is 8.89. The summed E-state index contributed by atoms with van der Waals surface area (Å²) in [5.41, 5.74) is 6.33. The van der Waals surface area contributed by atoms with Gasteiger partial charge in [0.2, 0.25) is 0 Å². The van der Waals surface area contributed by atoms with Gasteiger partial charge in [0.15, 0.2) is 0 Å². The van der Waals surface area contributed by atoms with Gasteiger partial charge >= 0.3 is 6.09 Å². The first-order valence-corrected chi connectivity index (χ1v) is 8.80. The van der Waals surface area contributed by atoms with Gasteiger partial charge in [0.25, 0.3) is 0 Å². The summed E-state index contributed by atoms with van der Waals surface area (Å²) in [5, 5.41) is 0.450. The molecule has 1 aliphatic heterocycles. The topological polar surface area (TPSA) is 81.3 Å². The molecule has 0 aromatic carbocycles. The number of aryl methyl sites for hydroxylation is 1. The van der Waals surface area contributed by atoms with Crippen molar-refractivity contribution < 1.29 is 9.53 Å². The van der Waals surface area contributed by atoms with E-state index in [2.05, 4.69) is 9.97 Å². The molecule has 1 saturated heterocycles. The van der Waals surface area contributed by atoms with Crippen molar-refractivity contribution in [1.29, 1.82) is 0 Å². The lowest BCUT2D eigenvalue weighted by atomic mass is 9.91. The maximum atomic E-state index is 12.1. The highest BCUT2D eigenvalue weighted by Gasteiger charge is 2.27. The van der Waals surface area contributed by atoms with E-state index < -0.39 is 5.60 Å². The van der Waals surface area contributed by atoms with Crippen LogP contribution in [0.4, 0.5) is 10.6 Å². The minimum absolute atomic E-state index is 0.222. The number of nitrogens with two attached hydrogens (primary N) is 1. The number of nitrogens with zero attached hydrogens (tertiary/aromatic N) is 3. The minimum atomic E-state index is -0.451. The largest absolute Gasteiger partial charge is 0.444 e. The van der Waals surface area contributed by atoms with Crippen molar-refractivity contribution in [3.8, 4) is 0 Å². The van der Waals surface area contributed by atoms with Gasteiger partial charge in [0.05, 0.1) is 0 Å². The molecule has 1 amide bonds. The summed E-state index contributed by atoms with van der Waals surface area (Å²) in [7, 11) is 0. The summed E-state index contributed by atoms with van der Waals surface area (Å²) in [6, 6.07) is 0. The lowest BCUT2D eigenvalue weighted by molar-refractivity contribution is 0.0181. The molecule has 1 aromatic rings. The molecule has 1 aliphatic rings. The number of hydrogen-bond donors (Lipinski definition) is 1. The fraction of sp³-hybridized carbons (Fsp3) is 0.706. The molecule has 2 N–H and O–H groups in total. The lowest BCUT2D eigenvalue weighted by Crippen LogP contribution is -2.41. The molecule has 6 nitrogen and oxygen atoms in total. The molecule has 0 spiro atoms. The summed E-state index contributed by atoms with van der Waals surface area (Å²) >= 11 is 6.18. The van der Waals surface area contributed by atoms with E-state index in [0.29, 0.717) is 22.7 Å². The fourth-order valence-corrected chi connectivity index (χ4v) is 3.21. The molecule has 7 heteroatoms. The second-order valence-electron chi connectivity index (χ2n) is 7.37. The summed E-state index contributed by atoms with van der Waals surface area (Å²) < 4.78 is 5.42. The molecule has 24 heavy (non-hydrogen) atoms. The Bertz CT molecular complexity index is 570. The van der Waals surface area contributed by atoms with Crippen LogP contribution < -0.4 is 5.73 Å². The second-order valence-corrected chi connectivity index (χ2v) is 7.73. The number of rotatable bonds is 3. The van der Waals surface area contributed by atoms with Crippen molar-refractivity contribution in [2.75, 3.05) is 18.8 Å². The second kappa shape index (κ2) is 7.55. The third-order valence-electron chi connectivity index (χ3n) is 4.17. The summed E-state index contributed by atoms with van der Waals surface area (Å²) in [5.74, 6) is 1.60. The van der Waals surface area contributed by atoms with Gasteiger partial charge in [0, 0.05) is 18.7 Å². The Hall–Kier alpha value is -1.56. The first kappa shape index (κ1) is 18.8. The third kappa shape index (κ3) is 5.23. The van der Waals surface area contributed by atoms with Crippen LogP contribution in [-0.4, -0.2) is 39.7 Å². The molecule has 1 fully saturated rings. The van der Waals surface area contributed by atoms with Crippen LogP contribution >= 0.6 is 11.6 Å². The van der Waals surface area contributed by atoms with Gasteiger partial charge in [0.1, 0.15) is 22.4 Å². The normalized spacial score (nSPS) is 16.3. The van der Waals surface area contributed by atoms with Crippen molar-refractivity contribution in [3.63, 3.8) is 0 Å². The van der Waals surface area contributed by atoms with Gasteiger partial charge in [-0.3, -0.25) is 0 Å². The standard InChI is InChI=1S/C17H27ClN4O2/c1-11-20-14(18)13(15(19)21-11)6-5-12-7-9-22(10-8-12)16(23)24-17(2,3)4/h12H,5-10H2,1-4H3,(H2,19,20,21). The molecule has 2 rings (SSSR count). The van der Waals surface area contributed by atoms with Crippen LogP contribution in [0.1, 0.15) is 51.4 Å². The van der Waals surface area contributed by atoms with Crippen LogP contribution in [0.3, 0.4) is 0 Å². The molecular weight excluding hydrogens is 328 g/mol. The predicted molar refractivity (Wildman–Crippen MR) is 95.0 cm³/mol. The van der Waals surface area contributed by atoms with Crippen LogP contribution in [0.5, 0.6) is 0 Å². The fourth-order valence-electron chi connectivity index (χ4n) is 2.89. The van der Waals surface area contributed by atoms with Gasteiger partial charge in [-0.1, -0.05) is 11.6 Å². The molecule has 0 radical (unpaired) electrons. The highest BCUT2D eigenvalue weighted by Crippen LogP contribution is 2.27. The van der Waals surface area contributed by atoms with Gasteiger partial charge in [-0.25, -0.2) is 14.8 Å². The van der Waals surface area contributed by atoms with Crippen LogP contribution in [0.25, 0.3) is 0 Å².